The van der Waals surface area contributed by atoms with Crippen molar-refractivity contribution < 1.29 is 19.1 Å². The van der Waals surface area contributed by atoms with Crippen molar-refractivity contribution >= 4 is 59.7 Å². The third-order valence-corrected chi connectivity index (χ3v) is 3.86. The van der Waals surface area contributed by atoms with Crippen molar-refractivity contribution in [3.63, 3.8) is 0 Å². The Morgan fingerprint density at radius 1 is 1.25 bits per heavy atom. The first-order chi connectivity index (χ1) is 9.35. The highest BCUT2D eigenvalue weighted by Crippen LogP contribution is 2.36. The molecule has 5 nitrogen and oxygen atoms in total. The monoisotopic (exact) mass is 471 g/mol. The normalized spacial score (nSPS) is 11.7. The molecule has 0 aliphatic carbocycles. The Labute approximate surface area is 141 Å². The first kappa shape index (κ1) is 17.5. The molecule has 8 heteroatoms. The summed E-state index contributed by atoms with van der Waals surface area (Å²) < 4.78 is 12.5. The smallest absolute Gasteiger partial charge is 0.331 e. The fraction of sp³-hybridized carbons (Fsp3) is 0.333. The van der Waals surface area contributed by atoms with Crippen LogP contribution in [0.25, 0.3) is 0 Å². The second-order valence-electron chi connectivity index (χ2n) is 3.79. The van der Waals surface area contributed by atoms with Gasteiger partial charge in [0.15, 0.2) is 6.04 Å². The Bertz CT molecular complexity index is 498. The van der Waals surface area contributed by atoms with Gasteiger partial charge in [0.1, 0.15) is 12.4 Å². The lowest BCUT2D eigenvalue weighted by Crippen LogP contribution is -2.44. The lowest BCUT2D eigenvalue weighted by Gasteiger charge is -2.17. The van der Waals surface area contributed by atoms with Crippen molar-refractivity contribution in [1.82, 2.24) is 5.32 Å². The number of hydrogen-bond donors (Lipinski definition) is 1. The van der Waals surface area contributed by atoms with Crippen molar-refractivity contribution in [3.8, 4) is 5.75 Å². The van der Waals surface area contributed by atoms with Crippen molar-refractivity contribution in [1.29, 1.82) is 0 Å². The van der Waals surface area contributed by atoms with Gasteiger partial charge < -0.3 is 14.8 Å². The molecule has 1 aromatic carbocycles. The molecule has 0 bridgehead atoms. The van der Waals surface area contributed by atoms with Crippen LogP contribution < -0.4 is 10.1 Å². The number of carbonyl (C=O) groups excluding carboxylic acids is 2. The summed E-state index contributed by atoms with van der Waals surface area (Å²) in [5.74, 6) is -0.366. The van der Waals surface area contributed by atoms with E-state index in [1.54, 1.807) is 0 Å². The zero-order valence-electron chi connectivity index (χ0n) is 10.7. The molecular formula is C12H12Br3NO4. The molecule has 1 unspecified atom stereocenters. The Balaban J connectivity index is 2.82. The SMILES string of the molecule is COC(=O)C(COc1c(Br)cc(Br)cc1Br)NC(C)=O. The van der Waals surface area contributed by atoms with Crippen LogP contribution in [0.3, 0.4) is 0 Å². The highest BCUT2D eigenvalue weighted by molar-refractivity contribution is 9.11. The highest BCUT2D eigenvalue weighted by Gasteiger charge is 2.22. The number of hydrogen-bond acceptors (Lipinski definition) is 4. The summed E-state index contributed by atoms with van der Waals surface area (Å²) in [5, 5.41) is 2.47. The minimum absolute atomic E-state index is 0.0366. The van der Waals surface area contributed by atoms with E-state index in [0.29, 0.717) is 14.7 Å². The highest BCUT2D eigenvalue weighted by atomic mass is 79.9. The van der Waals surface area contributed by atoms with Gasteiger partial charge in [-0.15, -0.1) is 0 Å². The minimum Gasteiger partial charge on any atom is -0.488 e. The number of carbonyl (C=O) groups is 2. The van der Waals surface area contributed by atoms with Gasteiger partial charge >= 0.3 is 5.97 Å². The summed E-state index contributed by atoms with van der Waals surface area (Å²) in [5.41, 5.74) is 0. The van der Waals surface area contributed by atoms with Crippen LogP contribution in [0, 0.1) is 0 Å². The third-order valence-electron chi connectivity index (χ3n) is 2.22. The molecule has 0 radical (unpaired) electrons. The lowest BCUT2D eigenvalue weighted by atomic mass is 10.3. The Kier molecular flexibility index (Phi) is 6.97. The maximum atomic E-state index is 11.5. The van der Waals surface area contributed by atoms with Crippen LogP contribution >= 0.6 is 47.8 Å². The van der Waals surface area contributed by atoms with Gasteiger partial charge in [-0.25, -0.2) is 4.79 Å². The molecule has 0 aliphatic rings. The van der Waals surface area contributed by atoms with Gasteiger partial charge in [-0.05, 0) is 44.0 Å². The fourth-order valence-corrected chi connectivity index (χ4v) is 3.88. The molecule has 1 N–H and O–H groups in total. The average molecular weight is 474 g/mol. The molecule has 0 spiro atoms. The van der Waals surface area contributed by atoms with Crippen molar-refractivity contribution in [2.45, 2.75) is 13.0 Å². The number of rotatable bonds is 5. The third kappa shape index (κ3) is 5.06. The molecule has 0 aliphatic heterocycles. The molecule has 1 aromatic rings. The summed E-state index contributed by atoms with van der Waals surface area (Å²) in [6, 6.07) is 2.76. The summed E-state index contributed by atoms with van der Waals surface area (Å²) >= 11 is 10.1. The molecule has 20 heavy (non-hydrogen) atoms. The summed E-state index contributed by atoms with van der Waals surface area (Å²) in [6.45, 7) is 1.28. The molecule has 1 atom stereocenters. The molecule has 0 fully saturated rings. The van der Waals surface area contributed by atoms with Gasteiger partial charge in [0.25, 0.3) is 0 Å². The van der Waals surface area contributed by atoms with Crippen LogP contribution in [-0.4, -0.2) is 31.6 Å². The second-order valence-corrected chi connectivity index (χ2v) is 6.41. The number of ether oxygens (including phenoxy) is 2. The predicted octanol–water partition coefficient (Wildman–Crippen LogP) is 3.03. The molecule has 1 rings (SSSR count). The quantitative estimate of drug-likeness (QED) is 0.668. The van der Waals surface area contributed by atoms with E-state index in [9.17, 15) is 9.59 Å². The predicted molar refractivity (Wildman–Crippen MR) is 84.7 cm³/mol. The van der Waals surface area contributed by atoms with Gasteiger partial charge in [0, 0.05) is 11.4 Å². The van der Waals surface area contributed by atoms with Crippen molar-refractivity contribution in [3.05, 3.63) is 25.6 Å². The lowest BCUT2D eigenvalue weighted by molar-refractivity contribution is -0.145. The van der Waals surface area contributed by atoms with Crippen molar-refractivity contribution in [2.75, 3.05) is 13.7 Å². The number of amides is 1. The molecule has 0 saturated carbocycles. The van der Waals surface area contributed by atoms with Gasteiger partial charge in [-0.2, -0.15) is 0 Å². The number of benzene rings is 1. The fourth-order valence-electron chi connectivity index (χ4n) is 1.39. The van der Waals surface area contributed by atoms with Crippen molar-refractivity contribution in [2.24, 2.45) is 0 Å². The first-order valence-electron chi connectivity index (χ1n) is 5.47. The van der Waals surface area contributed by atoms with E-state index in [1.807, 2.05) is 12.1 Å². The van der Waals surface area contributed by atoms with Gasteiger partial charge in [-0.1, -0.05) is 15.9 Å². The van der Waals surface area contributed by atoms with Gasteiger partial charge in [0.2, 0.25) is 5.91 Å². The standard InChI is InChI=1S/C12H12Br3NO4/c1-6(17)16-10(12(18)19-2)5-20-11-8(14)3-7(13)4-9(11)15/h3-4,10H,5H2,1-2H3,(H,16,17). The topological polar surface area (TPSA) is 64.6 Å². The van der Waals surface area contributed by atoms with E-state index in [1.165, 1.54) is 14.0 Å². The van der Waals surface area contributed by atoms with Crippen LogP contribution in [-0.2, 0) is 14.3 Å². The zero-order valence-corrected chi connectivity index (χ0v) is 15.5. The minimum atomic E-state index is -0.861. The summed E-state index contributed by atoms with van der Waals surface area (Å²) in [4.78, 5) is 22.6. The number of esters is 1. The molecule has 110 valence electrons. The van der Waals surface area contributed by atoms with E-state index in [0.717, 1.165) is 4.47 Å². The number of nitrogens with one attached hydrogen (secondary N) is 1. The summed E-state index contributed by atoms with van der Waals surface area (Å²) in [6.07, 6.45) is 0. The number of methoxy groups -OCH3 is 1. The van der Waals surface area contributed by atoms with E-state index in [4.69, 9.17) is 4.74 Å². The average Bonchev–Trinajstić information content (AvgIpc) is 2.34. The van der Waals surface area contributed by atoms with E-state index in [2.05, 4.69) is 57.8 Å². The van der Waals surface area contributed by atoms with E-state index >= 15 is 0 Å². The van der Waals surface area contributed by atoms with Crippen LogP contribution in [0.5, 0.6) is 5.75 Å². The van der Waals surface area contributed by atoms with Gasteiger partial charge in [0.05, 0.1) is 16.1 Å². The first-order valence-corrected chi connectivity index (χ1v) is 7.85. The summed E-state index contributed by atoms with van der Waals surface area (Å²) in [7, 11) is 1.25. The Morgan fingerprint density at radius 2 is 1.80 bits per heavy atom. The van der Waals surface area contributed by atoms with Gasteiger partial charge in [-0.3, -0.25) is 4.79 Å². The maximum Gasteiger partial charge on any atom is 0.331 e. The maximum absolute atomic E-state index is 11.5. The van der Waals surface area contributed by atoms with Crippen LogP contribution in [0.2, 0.25) is 0 Å². The zero-order chi connectivity index (χ0) is 15.3. The second kappa shape index (κ2) is 7.99. The van der Waals surface area contributed by atoms with E-state index < -0.39 is 12.0 Å². The molecule has 0 heterocycles. The van der Waals surface area contributed by atoms with Crippen LogP contribution in [0.15, 0.2) is 25.6 Å². The molecule has 0 saturated heterocycles. The Hall–Kier alpha value is -0.600. The van der Waals surface area contributed by atoms with Crippen LogP contribution in [0.4, 0.5) is 0 Å². The van der Waals surface area contributed by atoms with Crippen LogP contribution in [0.1, 0.15) is 6.92 Å². The molecule has 0 aromatic heterocycles. The molecular weight excluding hydrogens is 462 g/mol. The largest absolute Gasteiger partial charge is 0.488 e. The Morgan fingerprint density at radius 3 is 2.25 bits per heavy atom. The molecule has 1 amide bonds. The number of halogens is 3. The van der Waals surface area contributed by atoms with E-state index in [-0.39, 0.29) is 12.5 Å².